The molecule has 0 aliphatic heterocycles. The van der Waals surface area contributed by atoms with E-state index in [1.54, 1.807) is 6.92 Å². The van der Waals surface area contributed by atoms with Crippen LogP contribution in [0, 0.1) is 6.92 Å². The first kappa shape index (κ1) is 8.24. The normalized spacial score (nSPS) is 13.0. The molecule has 60 valence electrons. The van der Waals surface area contributed by atoms with Gasteiger partial charge in [-0.15, -0.1) is 0 Å². The van der Waals surface area contributed by atoms with E-state index in [-0.39, 0.29) is 6.10 Å². The van der Waals surface area contributed by atoms with Crippen LogP contribution in [0.1, 0.15) is 24.2 Å². The van der Waals surface area contributed by atoms with Gasteiger partial charge in [0.15, 0.2) is 0 Å². The largest absolute Gasteiger partial charge is 0.251 e. The molecular formula is C9H12O2. The van der Waals surface area contributed by atoms with Gasteiger partial charge in [-0.3, -0.25) is 5.26 Å². The molecule has 11 heavy (non-hydrogen) atoms. The topological polar surface area (TPSA) is 29.5 Å². The summed E-state index contributed by atoms with van der Waals surface area (Å²) in [5.41, 5.74) is 2.19. The highest BCUT2D eigenvalue weighted by Gasteiger charge is 2.02. The minimum Gasteiger partial charge on any atom is -0.251 e. The summed E-state index contributed by atoms with van der Waals surface area (Å²) in [6.07, 6.45) is -0.240. The summed E-state index contributed by atoms with van der Waals surface area (Å²) in [4.78, 5) is 4.18. The first-order chi connectivity index (χ1) is 5.24. The van der Waals surface area contributed by atoms with Crippen molar-refractivity contribution in [3.05, 3.63) is 35.4 Å². The van der Waals surface area contributed by atoms with Crippen molar-refractivity contribution >= 4 is 0 Å². The number of benzene rings is 1. The fraction of sp³-hybridized carbons (Fsp3) is 0.333. The summed E-state index contributed by atoms with van der Waals surface area (Å²) < 4.78 is 0. The lowest BCUT2D eigenvalue weighted by atomic mass is 10.1. The Kier molecular flexibility index (Phi) is 2.63. The van der Waals surface area contributed by atoms with Crippen LogP contribution in [0.3, 0.4) is 0 Å². The first-order valence-electron chi connectivity index (χ1n) is 3.61. The highest BCUT2D eigenvalue weighted by atomic mass is 17.1. The molecule has 0 saturated carbocycles. The molecule has 0 aliphatic rings. The molecular weight excluding hydrogens is 140 g/mol. The first-order valence-corrected chi connectivity index (χ1v) is 3.61. The Balaban J connectivity index is 2.81. The zero-order valence-corrected chi connectivity index (χ0v) is 6.74. The SMILES string of the molecule is Cc1ccc([C@@H](C)OO)cc1. The van der Waals surface area contributed by atoms with E-state index < -0.39 is 0 Å². The molecule has 0 amide bonds. The molecule has 0 heterocycles. The monoisotopic (exact) mass is 152 g/mol. The molecule has 0 aliphatic carbocycles. The predicted octanol–water partition coefficient (Wildman–Crippen LogP) is 2.55. The third-order valence-corrected chi connectivity index (χ3v) is 1.70. The van der Waals surface area contributed by atoms with Crippen molar-refractivity contribution in [1.82, 2.24) is 0 Å². The van der Waals surface area contributed by atoms with Gasteiger partial charge in [0.2, 0.25) is 0 Å². The van der Waals surface area contributed by atoms with Gasteiger partial charge in [0, 0.05) is 0 Å². The Labute approximate surface area is 66.4 Å². The third kappa shape index (κ3) is 2.03. The van der Waals surface area contributed by atoms with Crippen LogP contribution >= 0.6 is 0 Å². The van der Waals surface area contributed by atoms with E-state index in [0.717, 1.165) is 5.56 Å². The van der Waals surface area contributed by atoms with E-state index in [1.165, 1.54) is 5.56 Å². The molecule has 1 aromatic carbocycles. The summed E-state index contributed by atoms with van der Waals surface area (Å²) in [6.45, 7) is 3.82. The summed E-state index contributed by atoms with van der Waals surface area (Å²) in [6, 6.07) is 7.86. The van der Waals surface area contributed by atoms with Crippen LogP contribution in [0.2, 0.25) is 0 Å². The third-order valence-electron chi connectivity index (χ3n) is 1.70. The molecule has 1 rings (SSSR count). The van der Waals surface area contributed by atoms with E-state index in [0.29, 0.717) is 0 Å². The maximum absolute atomic E-state index is 8.36. The fourth-order valence-corrected chi connectivity index (χ4v) is 0.898. The van der Waals surface area contributed by atoms with Gasteiger partial charge in [-0.05, 0) is 19.4 Å². The van der Waals surface area contributed by atoms with Gasteiger partial charge >= 0.3 is 0 Å². The van der Waals surface area contributed by atoms with Gasteiger partial charge in [-0.1, -0.05) is 29.8 Å². The smallest absolute Gasteiger partial charge is 0.115 e. The summed E-state index contributed by atoms with van der Waals surface area (Å²) in [5, 5.41) is 8.36. The molecule has 0 saturated heterocycles. The molecule has 0 bridgehead atoms. The average molecular weight is 152 g/mol. The summed E-state index contributed by atoms with van der Waals surface area (Å²) in [5.74, 6) is 0. The molecule has 0 aromatic heterocycles. The number of aryl methyl sites for hydroxylation is 1. The van der Waals surface area contributed by atoms with Crippen molar-refractivity contribution < 1.29 is 10.1 Å². The van der Waals surface area contributed by atoms with Crippen LogP contribution in [0.4, 0.5) is 0 Å². The zero-order chi connectivity index (χ0) is 8.27. The molecule has 0 spiro atoms. The Bertz CT molecular complexity index is 216. The number of rotatable bonds is 2. The van der Waals surface area contributed by atoms with Crippen LogP contribution in [-0.2, 0) is 4.89 Å². The fourth-order valence-electron chi connectivity index (χ4n) is 0.898. The molecule has 2 heteroatoms. The van der Waals surface area contributed by atoms with Gasteiger partial charge in [0.05, 0.1) is 0 Å². The lowest BCUT2D eigenvalue weighted by Gasteiger charge is -2.06. The highest BCUT2D eigenvalue weighted by molar-refractivity contribution is 5.22. The predicted molar refractivity (Wildman–Crippen MR) is 43.3 cm³/mol. The van der Waals surface area contributed by atoms with Crippen molar-refractivity contribution in [1.29, 1.82) is 0 Å². The van der Waals surface area contributed by atoms with Crippen molar-refractivity contribution in [3.63, 3.8) is 0 Å². The average Bonchev–Trinajstić information content (AvgIpc) is 2.05. The second-order valence-corrected chi connectivity index (χ2v) is 2.66. The molecule has 0 unspecified atom stereocenters. The van der Waals surface area contributed by atoms with Gasteiger partial charge in [-0.2, -0.15) is 0 Å². The maximum Gasteiger partial charge on any atom is 0.115 e. The second-order valence-electron chi connectivity index (χ2n) is 2.66. The molecule has 1 aromatic rings. The lowest BCUT2D eigenvalue weighted by molar-refractivity contribution is -0.277. The van der Waals surface area contributed by atoms with Gasteiger partial charge in [0.1, 0.15) is 6.10 Å². The van der Waals surface area contributed by atoms with E-state index in [9.17, 15) is 0 Å². The van der Waals surface area contributed by atoms with Crippen LogP contribution in [-0.4, -0.2) is 5.26 Å². The molecule has 1 N–H and O–H groups in total. The van der Waals surface area contributed by atoms with E-state index >= 15 is 0 Å². The Hall–Kier alpha value is -0.860. The van der Waals surface area contributed by atoms with Crippen LogP contribution < -0.4 is 0 Å². The molecule has 0 fully saturated rings. The minimum atomic E-state index is -0.240. The number of hydrogen-bond donors (Lipinski definition) is 1. The van der Waals surface area contributed by atoms with Gasteiger partial charge in [-0.25, -0.2) is 4.89 Å². The highest BCUT2D eigenvalue weighted by Crippen LogP contribution is 2.15. The minimum absolute atomic E-state index is 0.240. The van der Waals surface area contributed by atoms with E-state index in [1.807, 2.05) is 31.2 Å². The summed E-state index contributed by atoms with van der Waals surface area (Å²) in [7, 11) is 0. The van der Waals surface area contributed by atoms with E-state index in [4.69, 9.17) is 5.26 Å². The number of hydrogen-bond acceptors (Lipinski definition) is 2. The van der Waals surface area contributed by atoms with Crippen LogP contribution in [0.5, 0.6) is 0 Å². The summed E-state index contributed by atoms with van der Waals surface area (Å²) >= 11 is 0. The van der Waals surface area contributed by atoms with Crippen molar-refractivity contribution in [2.45, 2.75) is 20.0 Å². The quantitative estimate of drug-likeness (QED) is 0.521. The molecule has 0 radical (unpaired) electrons. The van der Waals surface area contributed by atoms with Crippen LogP contribution in [0.25, 0.3) is 0 Å². The van der Waals surface area contributed by atoms with Crippen LogP contribution in [0.15, 0.2) is 24.3 Å². The lowest BCUT2D eigenvalue weighted by Crippen LogP contribution is -1.95. The Morgan fingerprint density at radius 2 is 1.82 bits per heavy atom. The molecule has 2 nitrogen and oxygen atoms in total. The second kappa shape index (κ2) is 3.51. The Morgan fingerprint density at radius 3 is 2.27 bits per heavy atom. The zero-order valence-electron chi connectivity index (χ0n) is 6.74. The Morgan fingerprint density at radius 1 is 1.27 bits per heavy atom. The van der Waals surface area contributed by atoms with Crippen molar-refractivity contribution in [3.8, 4) is 0 Å². The maximum atomic E-state index is 8.36. The van der Waals surface area contributed by atoms with E-state index in [2.05, 4.69) is 4.89 Å². The van der Waals surface area contributed by atoms with Gasteiger partial charge in [0.25, 0.3) is 0 Å². The van der Waals surface area contributed by atoms with Gasteiger partial charge < -0.3 is 0 Å². The molecule has 1 atom stereocenters. The van der Waals surface area contributed by atoms with Crippen molar-refractivity contribution in [2.75, 3.05) is 0 Å². The van der Waals surface area contributed by atoms with Crippen molar-refractivity contribution in [2.24, 2.45) is 0 Å². The standard InChI is InChI=1S/C9H12O2/c1-7-3-5-9(6-4-7)8(2)11-10/h3-6,8,10H,1-2H3/t8-/m1/s1.